The van der Waals surface area contributed by atoms with Gasteiger partial charge in [-0.15, -0.1) is 0 Å². The number of benzene rings is 3. The molecule has 0 heterocycles. The highest BCUT2D eigenvalue weighted by molar-refractivity contribution is 6.24. The summed E-state index contributed by atoms with van der Waals surface area (Å²) >= 11 is 0. The van der Waals surface area contributed by atoms with E-state index < -0.39 is 5.91 Å². The molecule has 4 rings (SSSR count). The Kier molecular flexibility index (Phi) is 7.53. The monoisotopic (exact) mass is 454 g/mol. The zero-order valence-electron chi connectivity index (χ0n) is 18.6. The Bertz CT molecular complexity index is 1180. The molecule has 0 bridgehead atoms. The predicted molar refractivity (Wildman–Crippen MR) is 132 cm³/mol. The van der Waals surface area contributed by atoms with E-state index in [-0.39, 0.29) is 11.9 Å². The van der Waals surface area contributed by atoms with Crippen molar-refractivity contribution < 1.29 is 19.5 Å². The molecule has 34 heavy (non-hydrogen) atoms. The predicted octanol–water partition coefficient (Wildman–Crippen LogP) is 4.60. The first-order valence-electron chi connectivity index (χ1n) is 11.1. The summed E-state index contributed by atoms with van der Waals surface area (Å²) in [6, 6.07) is 25.1. The fourth-order valence-electron chi connectivity index (χ4n) is 3.32. The molecule has 0 atom stereocenters. The number of nitrogens with one attached hydrogen (secondary N) is 2. The summed E-state index contributed by atoms with van der Waals surface area (Å²) in [5.41, 5.74) is 5.67. The summed E-state index contributed by atoms with van der Waals surface area (Å²) in [7, 11) is 0. The van der Waals surface area contributed by atoms with Gasteiger partial charge in [-0.25, -0.2) is 5.48 Å². The molecule has 0 aliphatic heterocycles. The average molecular weight is 455 g/mol. The Balaban J connectivity index is 1.51. The van der Waals surface area contributed by atoms with Crippen LogP contribution < -0.4 is 15.5 Å². The standard InChI is InChI=1S/C28H26N2O4/c31-27(30-33)17-10-20-6-8-21(9-7-20)18-26(28(32)29-24-13-14-24)23-11-15-25(16-12-23)34-19-22-4-2-1-3-5-22/h1-12,15-18,24,33H,13-14,19H2,(H,29,32)(H,30,31)/b17-10+,26-18?. The Labute approximate surface area is 198 Å². The maximum absolute atomic E-state index is 13.0. The molecule has 172 valence electrons. The quantitative estimate of drug-likeness (QED) is 0.191. The van der Waals surface area contributed by atoms with Crippen molar-refractivity contribution in [3.63, 3.8) is 0 Å². The SMILES string of the molecule is O=C(/C=C/c1ccc(C=C(C(=O)NC2CC2)c2ccc(OCc3ccccc3)cc2)cc1)NO. The van der Waals surface area contributed by atoms with Crippen molar-refractivity contribution in [2.24, 2.45) is 0 Å². The fraction of sp³-hybridized carbons (Fsp3) is 0.143. The number of hydrogen-bond acceptors (Lipinski definition) is 4. The second-order valence-electron chi connectivity index (χ2n) is 8.08. The minimum Gasteiger partial charge on any atom is -0.489 e. The van der Waals surface area contributed by atoms with Gasteiger partial charge in [-0.1, -0.05) is 66.7 Å². The summed E-state index contributed by atoms with van der Waals surface area (Å²) in [4.78, 5) is 24.1. The van der Waals surface area contributed by atoms with Crippen LogP contribution in [0.25, 0.3) is 17.7 Å². The molecule has 3 aromatic rings. The molecule has 1 aliphatic carbocycles. The fourth-order valence-corrected chi connectivity index (χ4v) is 3.32. The molecule has 3 aromatic carbocycles. The van der Waals surface area contributed by atoms with Gasteiger partial charge in [0.25, 0.3) is 11.8 Å². The highest BCUT2D eigenvalue weighted by Crippen LogP contribution is 2.25. The van der Waals surface area contributed by atoms with Crippen LogP contribution >= 0.6 is 0 Å². The lowest BCUT2D eigenvalue weighted by molar-refractivity contribution is -0.124. The first kappa shape index (κ1) is 23.0. The maximum Gasteiger partial charge on any atom is 0.267 e. The van der Waals surface area contributed by atoms with Crippen molar-refractivity contribution in [2.45, 2.75) is 25.5 Å². The third kappa shape index (κ3) is 6.67. The van der Waals surface area contributed by atoms with Crippen LogP contribution in [0.4, 0.5) is 0 Å². The van der Waals surface area contributed by atoms with E-state index in [0.29, 0.717) is 12.2 Å². The minimum atomic E-state index is -0.598. The van der Waals surface area contributed by atoms with Crippen LogP contribution in [-0.4, -0.2) is 23.1 Å². The number of hydrogen-bond donors (Lipinski definition) is 3. The lowest BCUT2D eigenvalue weighted by atomic mass is 10.0. The van der Waals surface area contributed by atoms with Crippen LogP contribution in [0.5, 0.6) is 5.75 Å². The molecular formula is C28H26N2O4. The van der Waals surface area contributed by atoms with Crippen molar-refractivity contribution in [1.29, 1.82) is 0 Å². The largest absolute Gasteiger partial charge is 0.489 e. The molecular weight excluding hydrogens is 428 g/mol. The van der Waals surface area contributed by atoms with Crippen molar-refractivity contribution in [3.05, 3.63) is 107 Å². The summed E-state index contributed by atoms with van der Waals surface area (Å²) in [6.07, 6.45) is 6.70. The molecule has 6 heteroatoms. The first-order valence-corrected chi connectivity index (χ1v) is 11.1. The van der Waals surface area contributed by atoms with Crippen LogP contribution in [-0.2, 0) is 16.2 Å². The van der Waals surface area contributed by atoms with Crippen LogP contribution in [0.15, 0.2) is 84.9 Å². The zero-order valence-corrected chi connectivity index (χ0v) is 18.6. The number of carbonyl (C=O) groups excluding carboxylic acids is 2. The highest BCUT2D eigenvalue weighted by Gasteiger charge is 2.25. The van der Waals surface area contributed by atoms with Gasteiger partial charge >= 0.3 is 0 Å². The maximum atomic E-state index is 13.0. The molecule has 3 N–H and O–H groups in total. The molecule has 1 aliphatic rings. The van der Waals surface area contributed by atoms with Crippen molar-refractivity contribution in [2.75, 3.05) is 0 Å². The van der Waals surface area contributed by atoms with Gasteiger partial charge in [0.15, 0.2) is 0 Å². The molecule has 0 aromatic heterocycles. The lowest BCUT2D eigenvalue weighted by Gasteiger charge is -2.11. The normalized spacial score (nSPS) is 13.5. The van der Waals surface area contributed by atoms with Gasteiger partial charge in [0.2, 0.25) is 0 Å². The number of hydroxylamine groups is 1. The summed E-state index contributed by atoms with van der Waals surface area (Å²) in [5, 5.41) is 11.6. The second kappa shape index (κ2) is 11.1. The van der Waals surface area contributed by atoms with Gasteiger partial charge in [0, 0.05) is 17.7 Å². The Hall–Kier alpha value is -4.16. The van der Waals surface area contributed by atoms with E-state index in [2.05, 4.69) is 5.32 Å². The highest BCUT2D eigenvalue weighted by atomic mass is 16.5. The number of amides is 2. The van der Waals surface area contributed by atoms with Gasteiger partial charge in [-0.3, -0.25) is 14.8 Å². The molecule has 0 saturated heterocycles. The summed E-state index contributed by atoms with van der Waals surface area (Å²) in [6.45, 7) is 0.478. The first-order chi connectivity index (χ1) is 16.6. The second-order valence-corrected chi connectivity index (χ2v) is 8.08. The molecule has 2 amide bonds. The lowest BCUT2D eigenvalue weighted by Crippen LogP contribution is -2.26. The van der Waals surface area contributed by atoms with Crippen LogP contribution in [0.1, 0.15) is 35.1 Å². The molecule has 0 radical (unpaired) electrons. The van der Waals surface area contributed by atoms with Crippen LogP contribution in [0.3, 0.4) is 0 Å². The molecule has 1 saturated carbocycles. The van der Waals surface area contributed by atoms with Gasteiger partial charge in [0.1, 0.15) is 12.4 Å². The van der Waals surface area contributed by atoms with E-state index in [0.717, 1.165) is 40.8 Å². The van der Waals surface area contributed by atoms with Crippen molar-refractivity contribution in [1.82, 2.24) is 10.8 Å². The van der Waals surface area contributed by atoms with Crippen molar-refractivity contribution in [3.8, 4) is 5.75 Å². The molecule has 0 spiro atoms. The molecule has 1 fully saturated rings. The summed E-state index contributed by atoms with van der Waals surface area (Å²) in [5.74, 6) is 0.0286. The van der Waals surface area contributed by atoms with E-state index in [9.17, 15) is 9.59 Å². The van der Waals surface area contributed by atoms with E-state index in [1.807, 2.05) is 84.9 Å². The zero-order chi connectivity index (χ0) is 23.8. The van der Waals surface area contributed by atoms with E-state index >= 15 is 0 Å². The van der Waals surface area contributed by atoms with Crippen LogP contribution in [0.2, 0.25) is 0 Å². The molecule has 6 nitrogen and oxygen atoms in total. The number of ether oxygens (including phenoxy) is 1. The van der Waals surface area contributed by atoms with E-state index in [4.69, 9.17) is 9.94 Å². The topological polar surface area (TPSA) is 87.7 Å². The molecule has 0 unspecified atom stereocenters. The number of carbonyl (C=O) groups is 2. The van der Waals surface area contributed by atoms with Crippen molar-refractivity contribution >= 4 is 29.5 Å². The van der Waals surface area contributed by atoms with E-state index in [1.54, 1.807) is 11.6 Å². The van der Waals surface area contributed by atoms with Gasteiger partial charge < -0.3 is 10.1 Å². The minimum absolute atomic E-state index is 0.107. The Morgan fingerprint density at radius 2 is 1.59 bits per heavy atom. The van der Waals surface area contributed by atoms with Crippen LogP contribution in [0, 0.1) is 0 Å². The summed E-state index contributed by atoms with van der Waals surface area (Å²) < 4.78 is 5.87. The van der Waals surface area contributed by atoms with Gasteiger partial charge in [-0.2, -0.15) is 0 Å². The Morgan fingerprint density at radius 1 is 0.912 bits per heavy atom. The van der Waals surface area contributed by atoms with Gasteiger partial charge in [0.05, 0.1) is 0 Å². The number of rotatable bonds is 9. The average Bonchev–Trinajstić information content (AvgIpc) is 3.70. The van der Waals surface area contributed by atoms with E-state index in [1.165, 1.54) is 6.08 Å². The third-order valence-electron chi connectivity index (χ3n) is 5.36. The third-order valence-corrected chi connectivity index (χ3v) is 5.36. The smallest absolute Gasteiger partial charge is 0.267 e. The van der Waals surface area contributed by atoms with Gasteiger partial charge in [-0.05, 0) is 59.4 Å². The Morgan fingerprint density at radius 3 is 2.24 bits per heavy atom.